The van der Waals surface area contributed by atoms with Gasteiger partial charge in [-0.1, -0.05) is 12.1 Å². The van der Waals surface area contributed by atoms with Crippen molar-refractivity contribution in [1.29, 1.82) is 0 Å². The van der Waals surface area contributed by atoms with Crippen LogP contribution in [0.1, 0.15) is 25.6 Å². The highest BCUT2D eigenvalue weighted by atomic mass is 16.5. The summed E-state index contributed by atoms with van der Waals surface area (Å²) in [6, 6.07) is 0.527. The van der Waals surface area contributed by atoms with Crippen molar-refractivity contribution in [1.82, 2.24) is 15.5 Å². The molecule has 1 unspecified atom stereocenters. The van der Waals surface area contributed by atoms with Gasteiger partial charge in [0.2, 0.25) is 0 Å². The lowest BCUT2D eigenvalue weighted by molar-refractivity contribution is 0.251. The molecule has 1 fully saturated rings. The van der Waals surface area contributed by atoms with Crippen LogP contribution < -0.4 is 10.6 Å². The SMILES string of the molecule is Cc1noc(NCC2(C)CCCNC2)n1. The Bertz CT molecular complexity index is 317. The molecule has 1 aliphatic heterocycles. The molecule has 1 aliphatic rings. The molecular weight excluding hydrogens is 192 g/mol. The van der Waals surface area contributed by atoms with E-state index >= 15 is 0 Å². The first-order valence-electron chi connectivity index (χ1n) is 5.43. The van der Waals surface area contributed by atoms with Crippen molar-refractivity contribution in [2.75, 3.05) is 25.0 Å². The van der Waals surface area contributed by atoms with E-state index in [1.165, 1.54) is 12.8 Å². The summed E-state index contributed by atoms with van der Waals surface area (Å²) in [5.74, 6) is 0.671. The Morgan fingerprint density at radius 1 is 1.60 bits per heavy atom. The van der Waals surface area contributed by atoms with Gasteiger partial charge in [0.05, 0.1) is 0 Å². The van der Waals surface area contributed by atoms with Crippen molar-refractivity contribution in [3.63, 3.8) is 0 Å². The lowest BCUT2D eigenvalue weighted by Gasteiger charge is -2.33. The van der Waals surface area contributed by atoms with Gasteiger partial charge in [0.1, 0.15) is 0 Å². The first-order valence-corrected chi connectivity index (χ1v) is 5.43. The second-order valence-electron chi connectivity index (χ2n) is 4.59. The Morgan fingerprint density at radius 3 is 3.07 bits per heavy atom. The third-order valence-corrected chi connectivity index (χ3v) is 2.88. The van der Waals surface area contributed by atoms with E-state index in [0.29, 0.717) is 17.3 Å². The number of rotatable bonds is 3. The number of aromatic nitrogens is 2. The van der Waals surface area contributed by atoms with Crippen LogP contribution in [-0.4, -0.2) is 29.8 Å². The topological polar surface area (TPSA) is 63.0 Å². The maximum absolute atomic E-state index is 5.01. The zero-order chi connectivity index (χ0) is 10.7. The molecule has 15 heavy (non-hydrogen) atoms. The van der Waals surface area contributed by atoms with Crippen LogP contribution in [0.4, 0.5) is 6.01 Å². The molecule has 0 aromatic carbocycles. The Balaban J connectivity index is 1.86. The van der Waals surface area contributed by atoms with Gasteiger partial charge in [0, 0.05) is 13.1 Å². The van der Waals surface area contributed by atoms with Crippen LogP contribution >= 0.6 is 0 Å². The summed E-state index contributed by atoms with van der Waals surface area (Å²) < 4.78 is 5.01. The van der Waals surface area contributed by atoms with Gasteiger partial charge in [-0.3, -0.25) is 0 Å². The fourth-order valence-electron chi connectivity index (χ4n) is 1.93. The highest BCUT2D eigenvalue weighted by Gasteiger charge is 2.26. The van der Waals surface area contributed by atoms with Crippen molar-refractivity contribution in [2.45, 2.75) is 26.7 Å². The molecule has 5 heteroatoms. The number of nitrogens with zero attached hydrogens (tertiary/aromatic N) is 2. The monoisotopic (exact) mass is 210 g/mol. The molecule has 0 aliphatic carbocycles. The zero-order valence-corrected chi connectivity index (χ0v) is 9.34. The first kappa shape index (κ1) is 10.4. The molecule has 1 saturated heterocycles. The molecule has 0 radical (unpaired) electrons. The Hall–Kier alpha value is -1.10. The molecule has 2 N–H and O–H groups in total. The molecule has 1 aromatic rings. The van der Waals surface area contributed by atoms with Crippen molar-refractivity contribution >= 4 is 6.01 Å². The van der Waals surface area contributed by atoms with Crippen molar-refractivity contribution < 1.29 is 4.52 Å². The van der Waals surface area contributed by atoms with Crippen molar-refractivity contribution in [3.05, 3.63) is 5.82 Å². The van der Waals surface area contributed by atoms with Gasteiger partial charge in [0.25, 0.3) is 0 Å². The van der Waals surface area contributed by atoms with Crippen LogP contribution in [0, 0.1) is 12.3 Å². The Morgan fingerprint density at radius 2 is 2.47 bits per heavy atom. The standard InChI is InChI=1S/C10H18N4O/c1-8-13-9(15-14-8)12-7-10(2)4-3-5-11-6-10/h11H,3-7H2,1-2H3,(H,12,13,14). The third-order valence-electron chi connectivity index (χ3n) is 2.88. The number of hydrogen-bond acceptors (Lipinski definition) is 5. The van der Waals surface area contributed by atoms with Gasteiger partial charge in [-0.15, -0.1) is 0 Å². The number of nitrogens with one attached hydrogen (secondary N) is 2. The summed E-state index contributed by atoms with van der Waals surface area (Å²) in [6.07, 6.45) is 2.47. The summed E-state index contributed by atoms with van der Waals surface area (Å²) in [5, 5.41) is 10.3. The zero-order valence-electron chi connectivity index (χ0n) is 9.34. The molecule has 0 bridgehead atoms. The van der Waals surface area contributed by atoms with Crippen LogP contribution in [-0.2, 0) is 0 Å². The maximum Gasteiger partial charge on any atom is 0.321 e. The van der Waals surface area contributed by atoms with Crippen LogP contribution in [0.3, 0.4) is 0 Å². The van der Waals surface area contributed by atoms with Crippen molar-refractivity contribution in [3.8, 4) is 0 Å². The van der Waals surface area contributed by atoms with Gasteiger partial charge in [-0.05, 0) is 31.7 Å². The first-order chi connectivity index (χ1) is 7.18. The molecule has 5 nitrogen and oxygen atoms in total. The summed E-state index contributed by atoms with van der Waals surface area (Å²) >= 11 is 0. The summed E-state index contributed by atoms with van der Waals surface area (Å²) in [6.45, 7) is 7.15. The lowest BCUT2D eigenvalue weighted by Crippen LogP contribution is -2.42. The maximum atomic E-state index is 5.01. The summed E-state index contributed by atoms with van der Waals surface area (Å²) in [4.78, 5) is 4.12. The lowest BCUT2D eigenvalue weighted by atomic mass is 9.83. The van der Waals surface area contributed by atoms with Gasteiger partial charge in [0.15, 0.2) is 5.82 Å². The molecule has 0 amide bonds. The molecule has 1 atom stereocenters. The van der Waals surface area contributed by atoms with E-state index in [9.17, 15) is 0 Å². The quantitative estimate of drug-likeness (QED) is 0.784. The Kier molecular flexibility index (Phi) is 2.90. The minimum absolute atomic E-state index is 0.292. The normalized spacial score (nSPS) is 26.5. The fraction of sp³-hybridized carbons (Fsp3) is 0.800. The molecule has 0 saturated carbocycles. The van der Waals surface area contributed by atoms with Gasteiger partial charge < -0.3 is 15.2 Å². The van der Waals surface area contributed by atoms with Crippen LogP contribution in [0.25, 0.3) is 0 Å². The van der Waals surface area contributed by atoms with E-state index < -0.39 is 0 Å². The molecule has 2 heterocycles. The van der Waals surface area contributed by atoms with Crippen LogP contribution in [0.15, 0.2) is 4.52 Å². The second kappa shape index (κ2) is 4.18. The number of aryl methyl sites for hydroxylation is 1. The van der Waals surface area contributed by atoms with E-state index in [1.54, 1.807) is 0 Å². The van der Waals surface area contributed by atoms with E-state index in [0.717, 1.165) is 19.6 Å². The van der Waals surface area contributed by atoms with E-state index in [-0.39, 0.29) is 0 Å². The van der Waals surface area contributed by atoms with Crippen LogP contribution in [0.2, 0.25) is 0 Å². The predicted octanol–water partition coefficient (Wildman–Crippen LogP) is 1.18. The second-order valence-corrected chi connectivity index (χ2v) is 4.59. The third kappa shape index (κ3) is 2.68. The largest absolute Gasteiger partial charge is 0.337 e. The highest BCUT2D eigenvalue weighted by molar-refractivity contribution is 5.18. The van der Waals surface area contributed by atoms with Crippen molar-refractivity contribution in [2.24, 2.45) is 5.41 Å². The predicted molar refractivity (Wildman–Crippen MR) is 57.7 cm³/mol. The molecule has 1 aromatic heterocycles. The number of anilines is 1. The minimum atomic E-state index is 0.292. The number of hydrogen-bond donors (Lipinski definition) is 2. The highest BCUT2D eigenvalue weighted by Crippen LogP contribution is 2.25. The molecule has 2 rings (SSSR count). The fourth-order valence-corrected chi connectivity index (χ4v) is 1.93. The van der Waals surface area contributed by atoms with E-state index in [4.69, 9.17) is 4.52 Å². The minimum Gasteiger partial charge on any atom is -0.337 e. The number of piperidine rings is 1. The average Bonchev–Trinajstić information content (AvgIpc) is 2.63. The molecular formula is C10H18N4O. The smallest absolute Gasteiger partial charge is 0.321 e. The van der Waals surface area contributed by atoms with Gasteiger partial charge in [-0.25, -0.2) is 0 Å². The van der Waals surface area contributed by atoms with E-state index in [2.05, 4.69) is 27.7 Å². The summed E-state index contributed by atoms with van der Waals surface area (Å²) in [5.41, 5.74) is 0.292. The summed E-state index contributed by atoms with van der Waals surface area (Å²) in [7, 11) is 0. The average molecular weight is 210 g/mol. The van der Waals surface area contributed by atoms with Gasteiger partial charge >= 0.3 is 6.01 Å². The Labute approximate surface area is 89.6 Å². The molecule has 0 spiro atoms. The van der Waals surface area contributed by atoms with Crippen LogP contribution in [0.5, 0.6) is 0 Å². The van der Waals surface area contributed by atoms with E-state index in [1.807, 2.05) is 6.92 Å². The molecule has 84 valence electrons. The van der Waals surface area contributed by atoms with Gasteiger partial charge in [-0.2, -0.15) is 4.98 Å².